The SMILES string of the molecule is O=C(O)c1ccc(Oc2ccccc2CCO)c(F)c1. The van der Waals surface area contributed by atoms with E-state index in [0.717, 1.165) is 11.6 Å². The summed E-state index contributed by atoms with van der Waals surface area (Å²) in [5, 5.41) is 17.7. The minimum absolute atomic E-state index is 0.0409. The second-order valence-electron chi connectivity index (χ2n) is 4.13. The van der Waals surface area contributed by atoms with Crippen molar-refractivity contribution in [3.8, 4) is 11.5 Å². The summed E-state index contributed by atoms with van der Waals surface area (Å²) in [6, 6.07) is 10.4. The number of carbonyl (C=O) groups is 1. The van der Waals surface area contributed by atoms with E-state index in [2.05, 4.69) is 0 Å². The van der Waals surface area contributed by atoms with Gasteiger partial charge >= 0.3 is 5.97 Å². The number of hydrogen-bond acceptors (Lipinski definition) is 3. The number of aromatic carboxylic acids is 1. The zero-order valence-corrected chi connectivity index (χ0v) is 10.5. The van der Waals surface area contributed by atoms with Crippen LogP contribution in [0.1, 0.15) is 15.9 Å². The Morgan fingerprint density at radius 1 is 1.15 bits per heavy atom. The van der Waals surface area contributed by atoms with Crippen LogP contribution in [0.4, 0.5) is 4.39 Å². The molecule has 0 fully saturated rings. The van der Waals surface area contributed by atoms with E-state index in [4.69, 9.17) is 14.9 Å². The summed E-state index contributed by atoms with van der Waals surface area (Å²) in [6.45, 7) is -0.0409. The van der Waals surface area contributed by atoms with E-state index in [9.17, 15) is 9.18 Å². The molecule has 0 aromatic heterocycles. The number of ether oxygens (including phenoxy) is 1. The van der Waals surface area contributed by atoms with Crippen molar-refractivity contribution in [1.82, 2.24) is 0 Å². The average Bonchev–Trinajstić information content (AvgIpc) is 2.43. The third kappa shape index (κ3) is 3.13. The van der Waals surface area contributed by atoms with Crippen molar-refractivity contribution in [2.24, 2.45) is 0 Å². The molecule has 0 aliphatic heterocycles. The van der Waals surface area contributed by atoms with Crippen molar-refractivity contribution in [3.63, 3.8) is 0 Å². The first-order chi connectivity index (χ1) is 9.61. The Kier molecular flexibility index (Phi) is 4.32. The highest BCUT2D eigenvalue weighted by atomic mass is 19.1. The summed E-state index contributed by atoms with van der Waals surface area (Å²) >= 11 is 0. The average molecular weight is 276 g/mol. The fourth-order valence-corrected chi connectivity index (χ4v) is 1.77. The minimum Gasteiger partial charge on any atom is -0.478 e. The molecule has 0 bridgehead atoms. The van der Waals surface area contributed by atoms with Crippen LogP contribution in [0.2, 0.25) is 0 Å². The summed E-state index contributed by atoms with van der Waals surface area (Å²) in [5.74, 6) is -1.57. The molecular formula is C15H13FO4. The number of rotatable bonds is 5. The molecule has 0 amide bonds. The van der Waals surface area contributed by atoms with Gasteiger partial charge in [-0.15, -0.1) is 0 Å². The zero-order valence-electron chi connectivity index (χ0n) is 10.5. The van der Waals surface area contributed by atoms with Crippen molar-refractivity contribution in [1.29, 1.82) is 0 Å². The first kappa shape index (κ1) is 14.0. The lowest BCUT2D eigenvalue weighted by Crippen LogP contribution is -1.99. The summed E-state index contributed by atoms with van der Waals surface area (Å²) in [6.07, 6.45) is 0.394. The normalized spacial score (nSPS) is 10.3. The fourth-order valence-electron chi connectivity index (χ4n) is 1.77. The molecule has 0 saturated heterocycles. The second kappa shape index (κ2) is 6.16. The van der Waals surface area contributed by atoms with Crippen molar-refractivity contribution in [2.45, 2.75) is 6.42 Å². The zero-order chi connectivity index (χ0) is 14.5. The van der Waals surface area contributed by atoms with Gasteiger partial charge in [-0.25, -0.2) is 9.18 Å². The number of carboxylic acids is 1. The molecule has 0 heterocycles. The van der Waals surface area contributed by atoms with Gasteiger partial charge in [-0.2, -0.15) is 0 Å². The second-order valence-corrected chi connectivity index (χ2v) is 4.13. The number of hydrogen-bond donors (Lipinski definition) is 2. The lowest BCUT2D eigenvalue weighted by atomic mass is 10.1. The van der Waals surface area contributed by atoms with Gasteiger partial charge in [-0.1, -0.05) is 18.2 Å². The van der Waals surface area contributed by atoms with Gasteiger partial charge in [0.2, 0.25) is 0 Å². The summed E-state index contributed by atoms with van der Waals surface area (Å²) < 4.78 is 19.2. The van der Waals surface area contributed by atoms with Crippen molar-refractivity contribution < 1.29 is 24.1 Å². The Balaban J connectivity index is 2.28. The van der Waals surface area contributed by atoms with Crippen LogP contribution in [0.25, 0.3) is 0 Å². The van der Waals surface area contributed by atoms with Crippen LogP contribution < -0.4 is 4.74 Å². The topological polar surface area (TPSA) is 66.8 Å². The number of halogens is 1. The molecule has 4 nitrogen and oxygen atoms in total. The quantitative estimate of drug-likeness (QED) is 0.881. The molecule has 104 valence electrons. The van der Waals surface area contributed by atoms with Crippen LogP contribution in [0.15, 0.2) is 42.5 Å². The molecule has 2 N–H and O–H groups in total. The van der Waals surface area contributed by atoms with Crippen LogP contribution in [-0.4, -0.2) is 22.8 Å². The van der Waals surface area contributed by atoms with Gasteiger partial charge in [0.25, 0.3) is 0 Å². The minimum atomic E-state index is -1.20. The van der Waals surface area contributed by atoms with Gasteiger partial charge in [0, 0.05) is 6.61 Å². The first-order valence-corrected chi connectivity index (χ1v) is 6.01. The largest absolute Gasteiger partial charge is 0.478 e. The third-order valence-corrected chi connectivity index (χ3v) is 2.75. The number of aliphatic hydroxyl groups excluding tert-OH is 1. The highest BCUT2D eigenvalue weighted by Crippen LogP contribution is 2.28. The molecule has 5 heteroatoms. The molecule has 2 rings (SSSR count). The maximum absolute atomic E-state index is 13.8. The first-order valence-electron chi connectivity index (χ1n) is 6.01. The van der Waals surface area contributed by atoms with Crippen LogP contribution >= 0.6 is 0 Å². The predicted octanol–water partition coefficient (Wildman–Crippen LogP) is 2.85. The molecule has 2 aromatic carbocycles. The van der Waals surface area contributed by atoms with Gasteiger partial charge in [0.1, 0.15) is 5.75 Å². The van der Waals surface area contributed by atoms with Crippen molar-refractivity contribution in [3.05, 3.63) is 59.4 Å². The lowest BCUT2D eigenvalue weighted by molar-refractivity contribution is 0.0696. The summed E-state index contributed by atoms with van der Waals surface area (Å²) in [7, 11) is 0. The Morgan fingerprint density at radius 3 is 2.55 bits per heavy atom. The Bertz CT molecular complexity index is 625. The maximum atomic E-state index is 13.8. The maximum Gasteiger partial charge on any atom is 0.335 e. The van der Waals surface area contributed by atoms with Gasteiger partial charge < -0.3 is 14.9 Å². The summed E-state index contributed by atoms with van der Waals surface area (Å²) in [4.78, 5) is 10.7. The Hall–Kier alpha value is -2.40. The number of para-hydroxylation sites is 1. The highest BCUT2D eigenvalue weighted by Gasteiger charge is 2.11. The molecule has 0 unspecified atom stereocenters. The van der Waals surface area contributed by atoms with E-state index in [1.54, 1.807) is 24.3 Å². The molecule has 0 atom stereocenters. The smallest absolute Gasteiger partial charge is 0.335 e. The molecule has 20 heavy (non-hydrogen) atoms. The van der Waals surface area contributed by atoms with Gasteiger partial charge in [0.15, 0.2) is 11.6 Å². The van der Waals surface area contributed by atoms with Crippen LogP contribution in [0.5, 0.6) is 11.5 Å². The number of benzene rings is 2. The lowest BCUT2D eigenvalue weighted by Gasteiger charge is -2.11. The van der Waals surface area contributed by atoms with Crippen LogP contribution in [-0.2, 0) is 6.42 Å². The summed E-state index contributed by atoms with van der Waals surface area (Å²) in [5.41, 5.74) is 0.607. The molecule has 0 radical (unpaired) electrons. The molecule has 0 saturated carbocycles. The molecule has 0 aliphatic rings. The van der Waals surface area contributed by atoms with Crippen molar-refractivity contribution >= 4 is 5.97 Å². The van der Waals surface area contributed by atoms with E-state index >= 15 is 0 Å². The molecule has 0 aliphatic carbocycles. The standard InChI is InChI=1S/C15H13FO4/c16-12-9-11(15(18)19)5-6-14(12)20-13-4-2-1-3-10(13)7-8-17/h1-6,9,17H,7-8H2,(H,18,19). The van der Waals surface area contributed by atoms with E-state index in [1.165, 1.54) is 12.1 Å². The van der Waals surface area contributed by atoms with Crippen molar-refractivity contribution in [2.75, 3.05) is 6.61 Å². The van der Waals surface area contributed by atoms with E-state index in [1.807, 2.05) is 0 Å². The van der Waals surface area contributed by atoms with Crippen LogP contribution in [0, 0.1) is 5.82 Å². The number of aliphatic hydroxyl groups is 1. The van der Waals surface area contributed by atoms with E-state index in [-0.39, 0.29) is 17.9 Å². The Morgan fingerprint density at radius 2 is 1.90 bits per heavy atom. The van der Waals surface area contributed by atoms with Crippen LogP contribution in [0.3, 0.4) is 0 Å². The van der Waals surface area contributed by atoms with Gasteiger partial charge in [0.05, 0.1) is 5.56 Å². The monoisotopic (exact) mass is 276 g/mol. The molecule has 0 spiro atoms. The van der Waals surface area contributed by atoms with Gasteiger partial charge in [-0.3, -0.25) is 0 Å². The highest BCUT2D eigenvalue weighted by molar-refractivity contribution is 5.87. The predicted molar refractivity (Wildman–Crippen MR) is 70.7 cm³/mol. The molecule has 2 aromatic rings. The van der Waals surface area contributed by atoms with E-state index < -0.39 is 11.8 Å². The van der Waals surface area contributed by atoms with E-state index in [0.29, 0.717) is 12.2 Å². The third-order valence-electron chi connectivity index (χ3n) is 2.75. The molecular weight excluding hydrogens is 263 g/mol. The fraction of sp³-hybridized carbons (Fsp3) is 0.133. The Labute approximate surface area is 115 Å². The number of carboxylic acid groups (broad SMARTS) is 1. The van der Waals surface area contributed by atoms with Gasteiger partial charge in [-0.05, 0) is 36.2 Å².